The lowest BCUT2D eigenvalue weighted by Crippen LogP contribution is -2.49. The van der Waals surface area contributed by atoms with Gasteiger partial charge in [-0.05, 0) is 34.5 Å². The Morgan fingerprint density at radius 2 is 2.37 bits per heavy atom. The summed E-state index contributed by atoms with van der Waals surface area (Å²) in [5.41, 5.74) is 1.01. The number of aliphatic carboxylic acids is 1. The average molecular weight is 348 g/mol. The van der Waals surface area contributed by atoms with E-state index in [0.29, 0.717) is 18.0 Å². The first kappa shape index (κ1) is 14.5. The Morgan fingerprint density at radius 1 is 1.63 bits per heavy atom. The summed E-state index contributed by atoms with van der Waals surface area (Å²) < 4.78 is 6.19. The summed E-state index contributed by atoms with van der Waals surface area (Å²) in [6.07, 6.45) is -0.0860. The summed E-state index contributed by atoms with van der Waals surface area (Å²) in [4.78, 5) is 25.5. The fourth-order valence-corrected chi connectivity index (χ4v) is 3.49. The van der Waals surface area contributed by atoms with Gasteiger partial charge >= 0.3 is 5.97 Å². The maximum absolute atomic E-state index is 12.4. The van der Waals surface area contributed by atoms with E-state index in [0.717, 1.165) is 9.35 Å². The van der Waals surface area contributed by atoms with Crippen LogP contribution in [0.5, 0.6) is 0 Å². The molecule has 0 bridgehead atoms. The quantitative estimate of drug-likeness (QED) is 0.909. The van der Waals surface area contributed by atoms with E-state index in [1.165, 1.54) is 11.3 Å². The van der Waals surface area contributed by atoms with Crippen LogP contribution < -0.4 is 0 Å². The van der Waals surface area contributed by atoms with Gasteiger partial charge in [-0.2, -0.15) is 0 Å². The Morgan fingerprint density at radius 3 is 2.95 bits per heavy atom. The highest BCUT2D eigenvalue weighted by Crippen LogP contribution is 2.29. The number of aryl methyl sites for hydroxylation is 1. The van der Waals surface area contributed by atoms with E-state index in [4.69, 9.17) is 9.84 Å². The largest absolute Gasteiger partial charge is 0.481 e. The summed E-state index contributed by atoms with van der Waals surface area (Å²) in [5, 5.41) is 8.89. The smallest absolute Gasteiger partial charge is 0.305 e. The van der Waals surface area contributed by atoms with Gasteiger partial charge in [0.2, 0.25) is 0 Å². The molecule has 2 rings (SSSR count). The second-order valence-electron chi connectivity index (χ2n) is 4.39. The molecular formula is C12H14BrNO4S. The first-order valence-corrected chi connectivity index (χ1v) is 7.46. The number of carboxylic acids is 1. The molecular weight excluding hydrogens is 334 g/mol. The van der Waals surface area contributed by atoms with Gasteiger partial charge < -0.3 is 14.7 Å². The molecule has 0 radical (unpaired) electrons. The first-order chi connectivity index (χ1) is 8.99. The lowest BCUT2D eigenvalue weighted by atomic mass is 10.1. The van der Waals surface area contributed by atoms with E-state index in [2.05, 4.69) is 15.9 Å². The van der Waals surface area contributed by atoms with E-state index < -0.39 is 5.97 Å². The summed E-state index contributed by atoms with van der Waals surface area (Å²) in [6, 6.07) is 1.43. The zero-order chi connectivity index (χ0) is 14.0. The van der Waals surface area contributed by atoms with Gasteiger partial charge in [-0.3, -0.25) is 9.59 Å². The molecule has 1 aromatic heterocycles. The Hall–Kier alpha value is -0.920. The number of carbonyl (C=O) groups is 2. The molecule has 19 heavy (non-hydrogen) atoms. The predicted octanol–water partition coefficient (Wildman–Crippen LogP) is 2.13. The van der Waals surface area contributed by atoms with Gasteiger partial charge in [-0.1, -0.05) is 0 Å². The van der Waals surface area contributed by atoms with Gasteiger partial charge in [0, 0.05) is 6.54 Å². The minimum absolute atomic E-state index is 0.0860. The zero-order valence-electron chi connectivity index (χ0n) is 10.4. The maximum Gasteiger partial charge on any atom is 0.305 e. The fourth-order valence-electron chi connectivity index (χ4n) is 2.00. The highest BCUT2D eigenvalue weighted by molar-refractivity contribution is 9.11. The van der Waals surface area contributed by atoms with Crippen molar-refractivity contribution in [2.24, 2.45) is 0 Å². The number of thiophene rings is 1. The highest BCUT2D eigenvalue weighted by Gasteiger charge is 2.30. The SMILES string of the molecule is Cc1cc(C(=O)N2CCOCC2CC(=O)O)sc1Br. The second-order valence-corrected chi connectivity index (χ2v) is 6.76. The number of amides is 1. The molecule has 2 heterocycles. The average Bonchev–Trinajstić information content (AvgIpc) is 2.69. The molecule has 1 unspecified atom stereocenters. The van der Waals surface area contributed by atoms with Crippen LogP contribution in [0.1, 0.15) is 21.7 Å². The molecule has 5 nitrogen and oxygen atoms in total. The molecule has 1 saturated heterocycles. The van der Waals surface area contributed by atoms with Crippen LogP contribution in [0.15, 0.2) is 9.85 Å². The van der Waals surface area contributed by atoms with Gasteiger partial charge in [0.15, 0.2) is 0 Å². The predicted molar refractivity (Wildman–Crippen MR) is 74.7 cm³/mol. The monoisotopic (exact) mass is 347 g/mol. The Bertz CT molecular complexity index is 482. The maximum atomic E-state index is 12.4. The van der Waals surface area contributed by atoms with Crippen molar-refractivity contribution in [1.82, 2.24) is 4.90 Å². The Balaban J connectivity index is 2.17. The van der Waals surface area contributed by atoms with Crippen LogP contribution >= 0.6 is 27.3 Å². The first-order valence-electron chi connectivity index (χ1n) is 5.85. The number of ether oxygens (including phenoxy) is 1. The molecule has 1 fully saturated rings. The lowest BCUT2D eigenvalue weighted by Gasteiger charge is -2.34. The summed E-state index contributed by atoms with van der Waals surface area (Å²) >= 11 is 4.77. The van der Waals surface area contributed by atoms with Gasteiger partial charge in [0.25, 0.3) is 5.91 Å². The number of rotatable bonds is 3. The van der Waals surface area contributed by atoms with Gasteiger partial charge in [0.1, 0.15) is 0 Å². The van der Waals surface area contributed by atoms with Gasteiger partial charge in [-0.25, -0.2) is 0 Å². The van der Waals surface area contributed by atoms with Crippen LogP contribution in [-0.2, 0) is 9.53 Å². The third-order valence-corrected chi connectivity index (χ3v) is 5.09. The molecule has 1 atom stereocenters. The third-order valence-electron chi connectivity index (χ3n) is 2.97. The summed E-state index contributed by atoms with van der Waals surface area (Å²) in [6.45, 7) is 3.09. The third kappa shape index (κ3) is 3.34. The molecule has 1 N–H and O–H groups in total. The molecule has 0 spiro atoms. The Kier molecular flexibility index (Phi) is 4.59. The molecule has 0 saturated carbocycles. The number of halogens is 1. The van der Waals surface area contributed by atoms with E-state index in [9.17, 15) is 9.59 Å². The molecule has 1 aliphatic heterocycles. The number of carbonyl (C=O) groups excluding carboxylic acids is 1. The van der Waals surface area contributed by atoms with Gasteiger partial charge in [0.05, 0.1) is 34.3 Å². The molecule has 104 valence electrons. The minimum Gasteiger partial charge on any atom is -0.481 e. The van der Waals surface area contributed by atoms with Crippen LogP contribution in [0.4, 0.5) is 0 Å². The van der Waals surface area contributed by atoms with Crippen LogP contribution in [0, 0.1) is 6.92 Å². The van der Waals surface area contributed by atoms with Crippen LogP contribution in [0.2, 0.25) is 0 Å². The number of nitrogens with zero attached hydrogens (tertiary/aromatic N) is 1. The van der Waals surface area contributed by atoms with Crippen molar-refractivity contribution in [3.8, 4) is 0 Å². The van der Waals surface area contributed by atoms with E-state index in [-0.39, 0.29) is 25.0 Å². The topological polar surface area (TPSA) is 66.8 Å². The minimum atomic E-state index is -0.920. The van der Waals surface area contributed by atoms with Crippen LogP contribution in [-0.4, -0.2) is 47.7 Å². The molecule has 1 amide bonds. The molecule has 0 aromatic carbocycles. The van der Waals surface area contributed by atoms with Crippen molar-refractivity contribution in [3.05, 3.63) is 20.3 Å². The number of hydrogen-bond donors (Lipinski definition) is 1. The number of carboxylic acid groups (broad SMARTS) is 1. The zero-order valence-corrected chi connectivity index (χ0v) is 12.8. The second kappa shape index (κ2) is 6.02. The normalized spacial score (nSPS) is 19.5. The van der Waals surface area contributed by atoms with Gasteiger partial charge in [-0.15, -0.1) is 11.3 Å². The van der Waals surface area contributed by atoms with Crippen molar-refractivity contribution >= 4 is 39.1 Å². The van der Waals surface area contributed by atoms with Crippen molar-refractivity contribution in [3.63, 3.8) is 0 Å². The van der Waals surface area contributed by atoms with Crippen molar-refractivity contribution < 1.29 is 19.4 Å². The summed E-state index contributed by atoms with van der Waals surface area (Å²) in [5.74, 6) is -1.04. The van der Waals surface area contributed by atoms with E-state index in [1.54, 1.807) is 4.90 Å². The molecule has 1 aromatic rings. The van der Waals surface area contributed by atoms with Crippen LogP contribution in [0.3, 0.4) is 0 Å². The van der Waals surface area contributed by atoms with Crippen molar-refractivity contribution in [1.29, 1.82) is 0 Å². The number of morpholine rings is 1. The van der Waals surface area contributed by atoms with Crippen LogP contribution in [0.25, 0.3) is 0 Å². The number of hydrogen-bond acceptors (Lipinski definition) is 4. The Labute approximate surface area is 123 Å². The summed E-state index contributed by atoms with van der Waals surface area (Å²) in [7, 11) is 0. The van der Waals surface area contributed by atoms with Crippen molar-refractivity contribution in [2.75, 3.05) is 19.8 Å². The lowest BCUT2D eigenvalue weighted by molar-refractivity contribution is -0.139. The van der Waals surface area contributed by atoms with E-state index in [1.807, 2.05) is 13.0 Å². The van der Waals surface area contributed by atoms with E-state index >= 15 is 0 Å². The fraction of sp³-hybridized carbons (Fsp3) is 0.500. The highest BCUT2D eigenvalue weighted by atomic mass is 79.9. The molecule has 0 aliphatic carbocycles. The molecule has 7 heteroatoms. The standard InChI is InChI=1S/C12H14BrNO4S/c1-7-4-9(19-11(7)13)12(17)14-2-3-18-6-8(14)5-10(15)16/h4,8H,2-3,5-6H2,1H3,(H,15,16). The molecule has 1 aliphatic rings. The van der Waals surface area contributed by atoms with Crippen molar-refractivity contribution in [2.45, 2.75) is 19.4 Å².